The van der Waals surface area contributed by atoms with Gasteiger partial charge in [0.05, 0.1) is 17.8 Å². The molecule has 0 spiro atoms. The largest absolute Gasteiger partial charge is 0.299 e. The van der Waals surface area contributed by atoms with Crippen molar-refractivity contribution in [3.8, 4) is 0 Å². The maximum absolute atomic E-state index is 12.2. The van der Waals surface area contributed by atoms with Crippen molar-refractivity contribution >= 4 is 44.6 Å². The molecule has 0 radical (unpaired) electrons. The molecule has 0 saturated heterocycles. The van der Waals surface area contributed by atoms with E-state index in [1.54, 1.807) is 16.2 Å². The van der Waals surface area contributed by atoms with Gasteiger partial charge in [0.15, 0.2) is 0 Å². The highest BCUT2D eigenvalue weighted by atomic mass is 79.9. The summed E-state index contributed by atoms with van der Waals surface area (Å²) in [4.78, 5) is 26.9. The molecule has 1 aliphatic heterocycles. The number of anilines is 1. The smallest absolute Gasteiger partial charge is 0.299 e. The third kappa shape index (κ3) is 2.11. The number of ketones is 1. The number of hydrogen-bond acceptors (Lipinski definition) is 3. The number of carbonyl (C=O) groups excluding carboxylic acids is 2. The number of benzene rings is 1. The molecule has 0 fully saturated rings. The fourth-order valence-electron chi connectivity index (χ4n) is 2.31. The van der Waals surface area contributed by atoms with E-state index in [9.17, 15) is 9.59 Å². The van der Waals surface area contributed by atoms with Crippen molar-refractivity contribution in [2.45, 2.75) is 19.9 Å². The zero-order valence-corrected chi connectivity index (χ0v) is 13.3. The summed E-state index contributed by atoms with van der Waals surface area (Å²) < 4.78 is 0.973. The van der Waals surface area contributed by atoms with Crippen LogP contribution in [-0.2, 0) is 17.8 Å². The summed E-state index contributed by atoms with van der Waals surface area (Å²) >= 11 is 5.03. The van der Waals surface area contributed by atoms with E-state index < -0.39 is 11.7 Å². The first-order chi connectivity index (χ1) is 9.61. The lowest BCUT2D eigenvalue weighted by molar-refractivity contribution is -0.114. The minimum Gasteiger partial charge on any atom is -0.299 e. The fraction of sp³-hybridized carbons (Fsp3) is 0.200. The predicted octanol–water partition coefficient (Wildman–Crippen LogP) is 3.80. The van der Waals surface area contributed by atoms with E-state index >= 15 is 0 Å². The highest BCUT2D eigenvalue weighted by Gasteiger charge is 2.36. The summed E-state index contributed by atoms with van der Waals surface area (Å²) in [6.07, 6.45) is 0.852. The molecule has 3 rings (SSSR count). The topological polar surface area (TPSA) is 37.4 Å². The van der Waals surface area contributed by atoms with Gasteiger partial charge >= 0.3 is 0 Å². The molecule has 0 N–H and O–H groups in total. The molecule has 20 heavy (non-hydrogen) atoms. The zero-order chi connectivity index (χ0) is 14.3. The number of aryl methyl sites for hydroxylation is 1. The molecule has 0 saturated carbocycles. The Morgan fingerprint density at radius 3 is 2.70 bits per heavy atom. The Morgan fingerprint density at radius 2 is 2.05 bits per heavy atom. The normalized spacial score (nSPS) is 14.0. The maximum atomic E-state index is 12.2. The summed E-state index contributed by atoms with van der Waals surface area (Å²) in [6, 6.07) is 7.63. The standard InChI is InChI=1S/C15H12BrNO2S/c1-2-9-3-4-12-10(7-9)14(18)15(19)17(12)8-13-11(16)5-6-20-13/h3-7H,2,8H2,1H3. The molecule has 1 aromatic heterocycles. The number of thiophene rings is 1. The Labute approximate surface area is 129 Å². The Kier molecular flexibility index (Phi) is 3.48. The molecule has 2 aromatic rings. The molecule has 0 bridgehead atoms. The molecule has 1 amide bonds. The van der Waals surface area contributed by atoms with Crippen molar-refractivity contribution < 1.29 is 9.59 Å². The first-order valence-electron chi connectivity index (χ1n) is 6.32. The SMILES string of the molecule is CCc1ccc2c(c1)C(=O)C(=O)N2Cc1sccc1Br. The second kappa shape index (κ2) is 5.14. The number of carbonyl (C=O) groups is 2. The van der Waals surface area contributed by atoms with Gasteiger partial charge in [-0.25, -0.2) is 0 Å². The van der Waals surface area contributed by atoms with Gasteiger partial charge in [-0.1, -0.05) is 13.0 Å². The number of nitrogens with zero attached hydrogens (tertiary/aromatic N) is 1. The molecular weight excluding hydrogens is 338 g/mol. The highest BCUT2D eigenvalue weighted by molar-refractivity contribution is 9.10. The van der Waals surface area contributed by atoms with E-state index in [2.05, 4.69) is 15.9 Å². The van der Waals surface area contributed by atoms with Crippen LogP contribution in [0.4, 0.5) is 5.69 Å². The van der Waals surface area contributed by atoms with Crippen LogP contribution in [0, 0.1) is 0 Å². The van der Waals surface area contributed by atoms with E-state index in [0.717, 1.165) is 27.0 Å². The lowest BCUT2D eigenvalue weighted by Gasteiger charge is -2.16. The van der Waals surface area contributed by atoms with Crippen molar-refractivity contribution in [1.82, 2.24) is 0 Å². The van der Waals surface area contributed by atoms with Crippen LogP contribution in [0.3, 0.4) is 0 Å². The molecule has 2 heterocycles. The average molecular weight is 350 g/mol. The minimum atomic E-state index is -0.437. The highest BCUT2D eigenvalue weighted by Crippen LogP contribution is 2.33. The molecule has 5 heteroatoms. The summed E-state index contributed by atoms with van der Waals surface area (Å²) in [7, 11) is 0. The fourth-order valence-corrected chi connectivity index (χ4v) is 3.77. The van der Waals surface area contributed by atoms with Crippen LogP contribution in [-0.4, -0.2) is 11.7 Å². The second-order valence-electron chi connectivity index (χ2n) is 4.62. The molecule has 102 valence electrons. The van der Waals surface area contributed by atoms with Crippen LogP contribution >= 0.6 is 27.3 Å². The summed E-state index contributed by atoms with van der Waals surface area (Å²) in [5.41, 5.74) is 2.32. The molecule has 0 aliphatic carbocycles. The summed E-state index contributed by atoms with van der Waals surface area (Å²) in [6.45, 7) is 2.46. The predicted molar refractivity (Wildman–Crippen MR) is 83.4 cm³/mol. The molecule has 0 unspecified atom stereocenters. The van der Waals surface area contributed by atoms with Crippen LogP contribution in [0.1, 0.15) is 27.7 Å². The van der Waals surface area contributed by atoms with Gasteiger partial charge in [0.2, 0.25) is 0 Å². The molecular formula is C15H12BrNO2S. The van der Waals surface area contributed by atoms with Gasteiger partial charge in [0.25, 0.3) is 11.7 Å². The van der Waals surface area contributed by atoms with Gasteiger partial charge in [-0.2, -0.15) is 0 Å². The quantitative estimate of drug-likeness (QED) is 0.790. The van der Waals surface area contributed by atoms with Gasteiger partial charge in [-0.05, 0) is 51.5 Å². The van der Waals surface area contributed by atoms with Crippen molar-refractivity contribution in [3.63, 3.8) is 0 Å². The summed E-state index contributed by atoms with van der Waals surface area (Å²) in [5.74, 6) is -0.837. The van der Waals surface area contributed by atoms with E-state index in [0.29, 0.717) is 12.1 Å². The van der Waals surface area contributed by atoms with Gasteiger partial charge in [-0.15, -0.1) is 11.3 Å². The first-order valence-corrected chi connectivity index (χ1v) is 8.00. The third-order valence-electron chi connectivity index (χ3n) is 3.44. The van der Waals surface area contributed by atoms with Crippen LogP contribution < -0.4 is 4.90 Å². The van der Waals surface area contributed by atoms with Crippen LogP contribution in [0.25, 0.3) is 0 Å². The third-order valence-corrected chi connectivity index (χ3v) is 5.35. The molecule has 3 nitrogen and oxygen atoms in total. The Bertz CT molecular complexity index is 708. The van der Waals surface area contributed by atoms with Crippen molar-refractivity contribution in [2.75, 3.05) is 4.90 Å². The lowest BCUT2D eigenvalue weighted by atomic mass is 10.1. The first kappa shape index (κ1) is 13.5. The number of Topliss-reactive ketones (excluding diaryl/α,β-unsaturated/α-hetero) is 1. The van der Waals surface area contributed by atoms with Crippen LogP contribution in [0.2, 0.25) is 0 Å². The van der Waals surface area contributed by atoms with E-state index in [4.69, 9.17) is 0 Å². The monoisotopic (exact) mass is 349 g/mol. The van der Waals surface area contributed by atoms with Crippen molar-refractivity contribution in [3.05, 3.63) is 50.1 Å². The van der Waals surface area contributed by atoms with Crippen molar-refractivity contribution in [1.29, 1.82) is 0 Å². The Morgan fingerprint density at radius 1 is 1.25 bits per heavy atom. The van der Waals surface area contributed by atoms with Gasteiger partial charge < -0.3 is 0 Å². The average Bonchev–Trinajstić information content (AvgIpc) is 2.96. The van der Waals surface area contributed by atoms with Gasteiger partial charge in [0, 0.05) is 9.35 Å². The van der Waals surface area contributed by atoms with Crippen molar-refractivity contribution in [2.24, 2.45) is 0 Å². The number of hydrogen-bond donors (Lipinski definition) is 0. The van der Waals surface area contributed by atoms with E-state index in [1.165, 1.54) is 0 Å². The summed E-state index contributed by atoms with van der Waals surface area (Å²) in [5, 5.41) is 1.96. The second-order valence-corrected chi connectivity index (χ2v) is 6.47. The Hall–Kier alpha value is -1.46. The number of rotatable bonds is 3. The molecule has 1 aromatic carbocycles. The van der Waals surface area contributed by atoms with E-state index in [1.807, 2.05) is 36.6 Å². The van der Waals surface area contributed by atoms with Crippen LogP contribution in [0.5, 0.6) is 0 Å². The van der Waals surface area contributed by atoms with Gasteiger partial charge in [0.1, 0.15) is 0 Å². The number of halogens is 1. The van der Waals surface area contributed by atoms with E-state index in [-0.39, 0.29) is 0 Å². The maximum Gasteiger partial charge on any atom is 0.299 e. The van der Waals surface area contributed by atoms with Crippen LogP contribution in [0.15, 0.2) is 34.1 Å². The molecule has 0 atom stereocenters. The zero-order valence-electron chi connectivity index (χ0n) is 10.9. The van der Waals surface area contributed by atoms with Gasteiger partial charge in [-0.3, -0.25) is 14.5 Å². The number of amides is 1. The minimum absolute atomic E-state index is 0.400. The lowest BCUT2D eigenvalue weighted by Crippen LogP contribution is -2.28. The number of fused-ring (bicyclic) bond motifs is 1. The Balaban J connectivity index is 2.00. The molecule has 1 aliphatic rings.